The number of fused-ring (bicyclic) bond motifs is 5. The molecule has 6 rings (SSSR count). The molecule has 2 bridgehead atoms. The zero-order valence-electron chi connectivity index (χ0n) is 17.6. The van der Waals surface area contributed by atoms with Gasteiger partial charge < -0.3 is 15.0 Å². The molecule has 1 aromatic carbocycles. The number of aromatic nitrogens is 3. The van der Waals surface area contributed by atoms with Crippen LogP contribution in [-0.4, -0.2) is 43.6 Å². The zero-order chi connectivity index (χ0) is 22.0. The molecule has 7 nitrogen and oxygen atoms in total. The van der Waals surface area contributed by atoms with Gasteiger partial charge in [-0.1, -0.05) is 11.6 Å². The summed E-state index contributed by atoms with van der Waals surface area (Å²) in [6.45, 7) is 2.64. The van der Waals surface area contributed by atoms with Crippen LogP contribution >= 0.6 is 11.6 Å². The molecule has 9 heteroatoms. The SMILES string of the molecule is Cc1c(Cl)cnc2c3c(nn12)CN(C(=O)c1ccc(F)cc1O[C@H]1C[C@H]2CC[C@@H](C1)N2)C3. The third-order valence-corrected chi connectivity index (χ3v) is 7.25. The Morgan fingerprint density at radius 1 is 1.25 bits per heavy atom. The molecule has 0 saturated carbocycles. The monoisotopic (exact) mass is 455 g/mol. The lowest BCUT2D eigenvalue weighted by Crippen LogP contribution is -2.42. The van der Waals surface area contributed by atoms with E-state index in [1.165, 1.54) is 18.2 Å². The lowest BCUT2D eigenvalue weighted by Gasteiger charge is -2.30. The standard InChI is InChI=1S/C23H23ClFN5O2/c1-12-19(24)9-26-22-18-10-29(11-20(18)28-30(12)22)23(31)17-5-2-13(25)6-21(17)32-16-7-14-3-4-15(8-16)27-14/h2,5-6,9,14-16,27H,3-4,7-8,10-11H2,1H3/t14-,15+,16+. The van der Waals surface area contributed by atoms with Gasteiger partial charge in [-0.25, -0.2) is 13.9 Å². The van der Waals surface area contributed by atoms with Gasteiger partial charge in [0.05, 0.1) is 35.1 Å². The number of piperidine rings is 1. The minimum absolute atomic E-state index is 0.0148. The highest BCUT2D eigenvalue weighted by Gasteiger charge is 2.36. The van der Waals surface area contributed by atoms with Crippen molar-refractivity contribution in [2.24, 2.45) is 0 Å². The number of rotatable bonds is 3. The Hall–Kier alpha value is -2.71. The number of ether oxygens (including phenoxy) is 1. The van der Waals surface area contributed by atoms with Gasteiger partial charge in [0.25, 0.3) is 5.91 Å². The fourth-order valence-corrected chi connectivity index (χ4v) is 5.37. The summed E-state index contributed by atoms with van der Waals surface area (Å²) in [5.74, 6) is -0.285. The summed E-state index contributed by atoms with van der Waals surface area (Å²) in [4.78, 5) is 19.5. The van der Waals surface area contributed by atoms with Gasteiger partial charge in [-0.2, -0.15) is 5.10 Å². The van der Waals surface area contributed by atoms with E-state index < -0.39 is 5.82 Å². The van der Waals surface area contributed by atoms with Crippen molar-refractivity contribution in [3.8, 4) is 5.75 Å². The van der Waals surface area contributed by atoms with Gasteiger partial charge in [0.1, 0.15) is 17.7 Å². The predicted molar refractivity (Wildman–Crippen MR) is 116 cm³/mol. The van der Waals surface area contributed by atoms with Crippen molar-refractivity contribution >= 4 is 23.2 Å². The van der Waals surface area contributed by atoms with Gasteiger partial charge >= 0.3 is 0 Å². The number of nitrogens with zero attached hydrogens (tertiary/aromatic N) is 4. The molecule has 166 valence electrons. The molecular weight excluding hydrogens is 433 g/mol. The maximum Gasteiger partial charge on any atom is 0.258 e. The molecular formula is C23H23ClFN5O2. The van der Waals surface area contributed by atoms with Crippen LogP contribution in [0.4, 0.5) is 4.39 Å². The average molecular weight is 456 g/mol. The molecule has 3 atom stereocenters. The molecule has 0 aliphatic carbocycles. The van der Waals surface area contributed by atoms with Crippen LogP contribution in [0.2, 0.25) is 5.02 Å². The molecule has 2 fully saturated rings. The van der Waals surface area contributed by atoms with Crippen molar-refractivity contribution in [2.75, 3.05) is 0 Å². The number of benzene rings is 1. The molecule has 32 heavy (non-hydrogen) atoms. The third kappa shape index (κ3) is 3.24. The smallest absolute Gasteiger partial charge is 0.258 e. The first-order chi connectivity index (χ1) is 15.5. The number of nitrogens with one attached hydrogen (secondary N) is 1. The minimum atomic E-state index is -0.410. The minimum Gasteiger partial charge on any atom is -0.489 e. The van der Waals surface area contributed by atoms with Crippen LogP contribution in [0, 0.1) is 12.7 Å². The molecule has 1 N–H and O–H groups in total. The summed E-state index contributed by atoms with van der Waals surface area (Å²) in [6, 6.07) is 5.05. The van der Waals surface area contributed by atoms with E-state index in [0.717, 1.165) is 42.6 Å². The van der Waals surface area contributed by atoms with E-state index in [1.807, 2.05) is 6.92 Å². The highest BCUT2D eigenvalue weighted by Crippen LogP contribution is 2.33. The van der Waals surface area contributed by atoms with Crippen molar-refractivity contribution in [3.05, 3.63) is 57.8 Å². The lowest BCUT2D eigenvalue weighted by molar-refractivity contribution is 0.0737. The first-order valence-corrected chi connectivity index (χ1v) is 11.4. The highest BCUT2D eigenvalue weighted by molar-refractivity contribution is 6.31. The third-order valence-electron chi connectivity index (χ3n) is 6.88. The highest BCUT2D eigenvalue weighted by atomic mass is 35.5. The molecule has 3 aromatic rings. The second kappa shape index (κ2) is 7.42. The van der Waals surface area contributed by atoms with E-state index in [9.17, 15) is 9.18 Å². The fraction of sp³-hybridized carbons (Fsp3) is 0.435. The van der Waals surface area contributed by atoms with Crippen LogP contribution in [-0.2, 0) is 13.1 Å². The molecule has 2 aromatic heterocycles. The number of carbonyl (C=O) groups excluding carboxylic acids is 1. The van der Waals surface area contributed by atoms with Crippen molar-refractivity contribution < 1.29 is 13.9 Å². The van der Waals surface area contributed by atoms with Crippen LogP contribution in [0.25, 0.3) is 5.65 Å². The van der Waals surface area contributed by atoms with Crippen molar-refractivity contribution in [1.29, 1.82) is 0 Å². The first-order valence-electron chi connectivity index (χ1n) is 11.0. The van der Waals surface area contributed by atoms with Crippen molar-refractivity contribution in [1.82, 2.24) is 24.8 Å². The van der Waals surface area contributed by atoms with E-state index in [0.29, 0.717) is 47.2 Å². The van der Waals surface area contributed by atoms with E-state index in [1.54, 1.807) is 15.6 Å². The summed E-state index contributed by atoms with van der Waals surface area (Å²) >= 11 is 6.17. The maximum absolute atomic E-state index is 14.1. The average Bonchev–Trinajstić information content (AvgIpc) is 3.43. The molecule has 5 heterocycles. The number of aryl methyl sites for hydroxylation is 1. The van der Waals surface area contributed by atoms with E-state index in [2.05, 4.69) is 15.4 Å². The van der Waals surface area contributed by atoms with E-state index in [-0.39, 0.29) is 12.0 Å². The molecule has 0 spiro atoms. The Morgan fingerprint density at radius 2 is 2.03 bits per heavy atom. The van der Waals surface area contributed by atoms with Gasteiger partial charge in [-0.15, -0.1) is 0 Å². The Balaban J connectivity index is 1.26. The molecule has 3 aliphatic rings. The second-order valence-electron chi connectivity index (χ2n) is 9.00. The van der Waals surface area contributed by atoms with Crippen LogP contribution in [0.5, 0.6) is 5.75 Å². The fourth-order valence-electron chi connectivity index (χ4n) is 5.25. The number of carbonyl (C=O) groups is 1. The quantitative estimate of drug-likeness (QED) is 0.652. The molecule has 0 radical (unpaired) electrons. The summed E-state index contributed by atoms with van der Waals surface area (Å²) in [5.41, 5.74) is 3.62. The van der Waals surface area contributed by atoms with Crippen molar-refractivity contribution in [2.45, 2.75) is 63.9 Å². The van der Waals surface area contributed by atoms with E-state index >= 15 is 0 Å². The van der Waals surface area contributed by atoms with Gasteiger partial charge in [-0.3, -0.25) is 4.79 Å². The van der Waals surface area contributed by atoms with Crippen LogP contribution in [0.3, 0.4) is 0 Å². The molecule has 3 aliphatic heterocycles. The molecule has 1 amide bonds. The van der Waals surface area contributed by atoms with Gasteiger partial charge in [-0.05, 0) is 44.7 Å². The number of hydrogen-bond donors (Lipinski definition) is 1. The lowest BCUT2D eigenvalue weighted by atomic mass is 10.0. The Bertz CT molecular complexity index is 1230. The molecule has 0 unspecified atom stereocenters. The summed E-state index contributed by atoms with van der Waals surface area (Å²) in [5, 5.41) is 8.73. The van der Waals surface area contributed by atoms with Gasteiger partial charge in [0.15, 0.2) is 5.65 Å². The summed E-state index contributed by atoms with van der Waals surface area (Å²) < 4.78 is 22.0. The maximum atomic E-state index is 14.1. The predicted octanol–water partition coefficient (Wildman–Crippen LogP) is 3.65. The Labute approximate surface area is 189 Å². The second-order valence-corrected chi connectivity index (χ2v) is 9.41. The van der Waals surface area contributed by atoms with Crippen LogP contribution in [0.15, 0.2) is 24.4 Å². The Morgan fingerprint density at radius 3 is 2.81 bits per heavy atom. The van der Waals surface area contributed by atoms with Crippen molar-refractivity contribution in [3.63, 3.8) is 0 Å². The number of halogens is 2. The van der Waals surface area contributed by atoms with Crippen LogP contribution in [0.1, 0.15) is 53.0 Å². The van der Waals surface area contributed by atoms with Crippen LogP contribution < -0.4 is 10.1 Å². The summed E-state index contributed by atoms with van der Waals surface area (Å²) in [6.07, 6.45) is 5.63. The van der Waals surface area contributed by atoms with Gasteiger partial charge in [0.2, 0.25) is 0 Å². The molecule has 2 saturated heterocycles. The Kier molecular flexibility index (Phi) is 4.62. The van der Waals surface area contributed by atoms with E-state index in [4.69, 9.17) is 16.3 Å². The number of hydrogen-bond acceptors (Lipinski definition) is 5. The number of amides is 1. The normalized spacial score (nSPS) is 24.2. The topological polar surface area (TPSA) is 71.8 Å². The first kappa shape index (κ1) is 19.9. The zero-order valence-corrected chi connectivity index (χ0v) is 18.4. The summed E-state index contributed by atoms with van der Waals surface area (Å²) in [7, 11) is 0. The largest absolute Gasteiger partial charge is 0.489 e. The van der Waals surface area contributed by atoms with Gasteiger partial charge in [0, 0.05) is 29.9 Å².